The average molecular weight is 349 g/mol. The van der Waals surface area contributed by atoms with Crippen molar-refractivity contribution in [1.29, 1.82) is 0 Å². The van der Waals surface area contributed by atoms with Crippen molar-refractivity contribution >= 4 is 40.5 Å². The highest BCUT2D eigenvalue weighted by Crippen LogP contribution is 2.21. The van der Waals surface area contributed by atoms with Gasteiger partial charge in [0.25, 0.3) is 0 Å². The Labute approximate surface area is 136 Å². The van der Waals surface area contributed by atoms with Crippen molar-refractivity contribution in [2.75, 3.05) is 11.8 Å². The minimum absolute atomic E-state index is 0.114. The Kier molecular flexibility index (Phi) is 6.19. The van der Waals surface area contributed by atoms with Crippen molar-refractivity contribution in [2.24, 2.45) is 0 Å². The van der Waals surface area contributed by atoms with Crippen LogP contribution in [-0.2, 0) is 20.6 Å². The van der Waals surface area contributed by atoms with Gasteiger partial charge in [0, 0.05) is 5.69 Å². The molecular formula is C13H17ClN2O5S. The Morgan fingerprint density at radius 3 is 2.45 bits per heavy atom. The smallest absolute Gasteiger partial charge is 0.420 e. The highest BCUT2D eigenvalue weighted by atomic mass is 35.5. The van der Waals surface area contributed by atoms with E-state index >= 15 is 0 Å². The van der Waals surface area contributed by atoms with Crippen molar-refractivity contribution in [3.05, 3.63) is 28.8 Å². The molecule has 0 saturated heterocycles. The third kappa shape index (κ3) is 5.90. The number of hydrogen-bond acceptors (Lipinski definition) is 5. The maximum atomic E-state index is 11.8. The fourth-order valence-corrected chi connectivity index (χ4v) is 2.14. The number of esters is 1. The van der Waals surface area contributed by atoms with Gasteiger partial charge < -0.3 is 9.47 Å². The number of nitrogens with one attached hydrogen (secondary N) is 2. The van der Waals surface area contributed by atoms with Crippen molar-refractivity contribution in [3.63, 3.8) is 0 Å². The maximum Gasteiger partial charge on any atom is 0.420 e. The number of methoxy groups -OCH3 is 1. The van der Waals surface area contributed by atoms with Crippen LogP contribution in [0.1, 0.15) is 31.1 Å². The molecule has 1 atom stereocenters. The summed E-state index contributed by atoms with van der Waals surface area (Å²) in [5.74, 6) is -0.625. The van der Waals surface area contributed by atoms with Gasteiger partial charge >= 0.3 is 12.1 Å². The number of rotatable bonds is 4. The molecule has 0 saturated carbocycles. The number of carbonyl (C=O) groups excluding carboxylic acids is 2. The van der Waals surface area contributed by atoms with E-state index in [1.54, 1.807) is 20.8 Å². The number of amides is 1. The van der Waals surface area contributed by atoms with Crippen LogP contribution < -0.4 is 9.44 Å². The first kappa shape index (κ1) is 18.2. The monoisotopic (exact) mass is 348 g/mol. The number of hydrogen-bond donors (Lipinski definition) is 2. The highest BCUT2D eigenvalue weighted by molar-refractivity contribution is 7.84. The first-order valence-electron chi connectivity index (χ1n) is 6.18. The van der Waals surface area contributed by atoms with E-state index in [2.05, 4.69) is 14.2 Å². The summed E-state index contributed by atoms with van der Waals surface area (Å²) in [5, 5.41) is 0.197. The fourth-order valence-electron chi connectivity index (χ4n) is 1.36. The summed E-state index contributed by atoms with van der Waals surface area (Å²) >= 11 is 3.93. The van der Waals surface area contributed by atoms with Gasteiger partial charge in [0.1, 0.15) is 5.60 Å². The topological polar surface area (TPSA) is 93.7 Å². The summed E-state index contributed by atoms with van der Waals surface area (Å²) in [6.45, 7) is 5.06. The first-order valence-corrected chi connectivity index (χ1v) is 7.71. The molecule has 0 aromatic heterocycles. The molecule has 0 aliphatic rings. The Morgan fingerprint density at radius 1 is 1.27 bits per heavy atom. The second-order valence-electron chi connectivity index (χ2n) is 5.16. The second-order valence-corrected chi connectivity index (χ2v) is 6.51. The van der Waals surface area contributed by atoms with Crippen LogP contribution in [0.2, 0.25) is 5.02 Å². The minimum atomic E-state index is -1.94. The molecule has 0 aliphatic heterocycles. The summed E-state index contributed by atoms with van der Waals surface area (Å²) in [6.07, 6.45) is -0.833. The van der Waals surface area contributed by atoms with Gasteiger partial charge in [-0.25, -0.2) is 18.5 Å². The van der Waals surface area contributed by atoms with Gasteiger partial charge in [-0.2, -0.15) is 0 Å². The Hall–Kier alpha value is -1.80. The molecule has 1 rings (SSSR count). The zero-order valence-corrected chi connectivity index (χ0v) is 14.1. The van der Waals surface area contributed by atoms with E-state index in [0.717, 1.165) is 0 Å². The molecule has 122 valence electrons. The summed E-state index contributed by atoms with van der Waals surface area (Å²) in [4.78, 5) is 23.0. The van der Waals surface area contributed by atoms with Gasteiger partial charge in [-0.05, 0) is 39.0 Å². The molecule has 22 heavy (non-hydrogen) atoms. The predicted octanol–water partition coefficient (Wildman–Crippen LogP) is 2.64. The lowest BCUT2D eigenvalue weighted by Crippen LogP contribution is -2.35. The third-order valence-corrected chi connectivity index (χ3v) is 3.26. The predicted molar refractivity (Wildman–Crippen MR) is 83.9 cm³/mol. The molecule has 7 nitrogen and oxygen atoms in total. The van der Waals surface area contributed by atoms with E-state index < -0.39 is 28.8 Å². The van der Waals surface area contributed by atoms with Gasteiger partial charge in [0.15, 0.2) is 0 Å². The Bertz CT molecular complexity index is 601. The van der Waals surface area contributed by atoms with Crippen LogP contribution in [-0.4, -0.2) is 29.0 Å². The minimum Gasteiger partial charge on any atom is -0.465 e. The van der Waals surface area contributed by atoms with E-state index in [1.165, 1.54) is 25.3 Å². The van der Waals surface area contributed by atoms with Crippen LogP contribution in [0, 0.1) is 0 Å². The molecule has 0 bridgehead atoms. The number of ether oxygens (including phenoxy) is 2. The van der Waals surface area contributed by atoms with Gasteiger partial charge in [0.2, 0.25) is 11.2 Å². The summed E-state index contributed by atoms with van der Waals surface area (Å²) in [5.41, 5.74) is -0.269. The molecular weight excluding hydrogens is 332 g/mol. The van der Waals surface area contributed by atoms with E-state index in [0.29, 0.717) is 5.69 Å². The third-order valence-electron chi connectivity index (χ3n) is 2.16. The van der Waals surface area contributed by atoms with Gasteiger partial charge in [0.05, 0.1) is 17.7 Å². The number of carbonyl (C=O) groups is 2. The van der Waals surface area contributed by atoms with Crippen LogP contribution in [0.3, 0.4) is 0 Å². The molecule has 0 fully saturated rings. The van der Waals surface area contributed by atoms with Crippen molar-refractivity contribution in [2.45, 2.75) is 26.4 Å². The van der Waals surface area contributed by atoms with Gasteiger partial charge in [-0.1, -0.05) is 11.6 Å². The SMILES string of the molecule is COC(=O)c1cc(NS(=O)NC(=O)OC(C)(C)C)ccc1Cl. The van der Waals surface area contributed by atoms with Crippen LogP contribution in [0.4, 0.5) is 10.5 Å². The fraction of sp³-hybridized carbons (Fsp3) is 0.385. The maximum absolute atomic E-state index is 11.8. The lowest BCUT2D eigenvalue weighted by molar-refractivity contribution is 0.0569. The van der Waals surface area contributed by atoms with Crippen molar-refractivity contribution < 1.29 is 23.3 Å². The van der Waals surface area contributed by atoms with Crippen LogP contribution in [0.5, 0.6) is 0 Å². The van der Waals surface area contributed by atoms with Crippen LogP contribution in [0.25, 0.3) is 0 Å². The molecule has 0 radical (unpaired) electrons. The average Bonchev–Trinajstić information content (AvgIpc) is 2.37. The van der Waals surface area contributed by atoms with E-state index in [1.807, 2.05) is 0 Å². The molecule has 1 aromatic rings. The summed E-state index contributed by atoms with van der Waals surface area (Å²) in [6, 6.07) is 4.31. The van der Waals surface area contributed by atoms with Crippen molar-refractivity contribution in [3.8, 4) is 0 Å². The second kappa shape index (κ2) is 7.46. The summed E-state index contributed by atoms with van der Waals surface area (Å²) < 4.78 is 25.9. The molecule has 0 aliphatic carbocycles. The zero-order valence-electron chi connectivity index (χ0n) is 12.6. The molecule has 1 amide bonds. The Morgan fingerprint density at radius 2 is 1.91 bits per heavy atom. The molecule has 0 heterocycles. The molecule has 2 N–H and O–H groups in total. The van der Waals surface area contributed by atoms with E-state index in [9.17, 15) is 13.8 Å². The van der Waals surface area contributed by atoms with Crippen LogP contribution in [0.15, 0.2) is 18.2 Å². The lowest BCUT2D eigenvalue weighted by atomic mass is 10.2. The molecule has 1 unspecified atom stereocenters. The molecule has 9 heteroatoms. The van der Waals surface area contributed by atoms with E-state index in [4.69, 9.17) is 16.3 Å². The zero-order chi connectivity index (χ0) is 16.9. The highest BCUT2D eigenvalue weighted by Gasteiger charge is 2.18. The number of benzene rings is 1. The molecule has 0 spiro atoms. The number of anilines is 1. The normalized spacial score (nSPS) is 12.2. The van der Waals surface area contributed by atoms with Gasteiger partial charge in [-0.3, -0.25) is 4.72 Å². The van der Waals surface area contributed by atoms with E-state index in [-0.39, 0.29) is 10.6 Å². The quantitative estimate of drug-likeness (QED) is 0.816. The standard InChI is InChI=1S/C13H17ClN2O5S/c1-13(2,3)21-12(18)16-22(19)15-8-5-6-10(14)9(7-8)11(17)20-4/h5-7,15H,1-4H3,(H,16,18). The van der Waals surface area contributed by atoms with Crippen molar-refractivity contribution in [1.82, 2.24) is 4.72 Å². The van der Waals surface area contributed by atoms with Crippen LogP contribution >= 0.6 is 11.6 Å². The largest absolute Gasteiger partial charge is 0.465 e. The van der Waals surface area contributed by atoms with Gasteiger partial charge in [-0.15, -0.1) is 0 Å². The Balaban J connectivity index is 2.73. The first-order chi connectivity index (χ1) is 10.1. The summed E-state index contributed by atoms with van der Waals surface area (Å²) in [7, 11) is 1.22. The lowest BCUT2D eigenvalue weighted by Gasteiger charge is -2.19. The molecule has 1 aromatic carbocycles. The number of halogens is 1.